The Bertz CT molecular complexity index is 755. The Labute approximate surface area is 149 Å². The van der Waals surface area contributed by atoms with E-state index in [1.165, 1.54) is 36.1 Å². The number of rotatable bonds is 6. The second kappa shape index (κ2) is 7.07. The normalized spacial score (nSPS) is 18.5. The third-order valence-electron chi connectivity index (χ3n) is 4.49. The number of nitrogens with one attached hydrogen (secondary N) is 2. The molecule has 0 atom stereocenters. The summed E-state index contributed by atoms with van der Waals surface area (Å²) in [6.45, 7) is -0.197. The number of benzene rings is 1. The maximum Gasteiger partial charge on any atom is 0.402 e. The van der Waals surface area contributed by atoms with Crippen LogP contribution >= 0.6 is 0 Å². The quantitative estimate of drug-likeness (QED) is 0.783. The number of hydrogen-bond acceptors (Lipinski definition) is 3. The van der Waals surface area contributed by atoms with E-state index in [4.69, 9.17) is 0 Å². The number of anilines is 1. The monoisotopic (exact) mass is 391 g/mol. The topological polar surface area (TPSA) is 78.5 Å². The maximum absolute atomic E-state index is 12.1. The number of carbonyl (C=O) groups is 1. The van der Waals surface area contributed by atoms with Crippen LogP contribution in [0.15, 0.2) is 29.2 Å². The van der Waals surface area contributed by atoms with Crippen molar-refractivity contribution in [3.05, 3.63) is 24.3 Å². The number of urea groups is 1. The minimum Gasteiger partial charge on any atom is -0.324 e. The lowest BCUT2D eigenvalue weighted by molar-refractivity contribution is -0.121. The van der Waals surface area contributed by atoms with Crippen molar-refractivity contribution in [2.75, 3.05) is 25.0 Å². The third-order valence-corrected chi connectivity index (χ3v) is 5.90. The first-order chi connectivity index (χ1) is 12.1. The molecule has 2 aliphatic rings. The molecule has 0 spiro atoms. The summed E-state index contributed by atoms with van der Waals surface area (Å²) in [5, 5.41) is 2.66. The van der Waals surface area contributed by atoms with Gasteiger partial charge in [-0.3, -0.25) is 0 Å². The van der Waals surface area contributed by atoms with Crippen molar-refractivity contribution in [1.29, 1.82) is 0 Å². The summed E-state index contributed by atoms with van der Waals surface area (Å²) in [5.74, 6) is 1.38. The van der Waals surface area contributed by atoms with Gasteiger partial charge >= 0.3 is 12.2 Å². The average Bonchev–Trinajstić information content (AvgIpc) is 3.32. The van der Waals surface area contributed by atoms with Crippen LogP contribution in [0, 0.1) is 11.8 Å². The minimum atomic E-state index is -4.63. The lowest BCUT2D eigenvalue weighted by Gasteiger charge is -2.39. The SMILES string of the molecule is O=C(Nc1ccc(S(=O)(=O)NCC(F)(F)F)cc1)N1CC(CC2CC2)C1. The molecule has 10 heteroatoms. The second-order valence-corrected chi connectivity index (χ2v) is 8.61. The molecule has 144 valence electrons. The summed E-state index contributed by atoms with van der Waals surface area (Å²) < 4.78 is 61.5. The molecule has 2 N–H and O–H groups in total. The van der Waals surface area contributed by atoms with E-state index in [0.717, 1.165) is 31.1 Å². The van der Waals surface area contributed by atoms with Crippen LogP contribution in [0.5, 0.6) is 0 Å². The summed E-state index contributed by atoms with van der Waals surface area (Å²) >= 11 is 0. The summed E-state index contributed by atoms with van der Waals surface area (Å²) in [7, 11) is -4.25. The van der Waals surface area contributed by atoms with E-state index >= 15 is 0 Å². The Kier molecular flexibility index (Phi) is 5.16. The molecule has 1 heterocycles. The first-order valence-corrected chi connectivity index (χ1v) is 9.83. The van der Waals surface area contributed by atoms with E-state index in [2.05, 4.69) is 5.32 Å². The lowest BCUT2D eigenvalue weighted by Crippen LogP contribution is -2.51. The van der Waals surface area contributed by atoms with Crippen molar-refractivity contribution in [3.63, 3.8) is 0 Å². The van der Waals surface area contributed by atoms with E-state index < -0.39 is 22.7 Å². The second-order valence-electron chi connectivity index (χ2n) is 6.84. The largest absolute Gasteiger partial charge is 0.402 e. The number of carbonyl (C=O) groups excluding carboxylic acids is 1. The van der Waals surface area contributed by atoms with Crippen molar-refractivity contribution in [3.8, 4) is 0 Å². The molecule has 1 aromatic carbocycles. The van der Waals surface area contributed by atoms with Gasteiger partial charge in [0.1, 0.15) is 6.54 Å². The molecule has 1 aromatic rings. The highest BCUT2D eigenvalue weighted by Gasteiger charge is 2.35. The number of hydrogen-bond donors (Lipinski definition) is 2. The Morgan fingerprint density at radius 1 is 1.12 bits per heavy atom. The van der Waals surface area contributed by atoms with Crippen LogP contribution < -0.4 is 10.0 Å². The Morgan fingerprint density at radius 2 is 1.73 bits per heavy atom. The Balaban J connectivity index is 1.50. The fraction of sp³-hybridized carbons (Fsp3) is 0.562. The number of nitrogens with zero attached hydrogens (tertiary/aromatic N) is 1. The van der Waals surface area contributed by atoms with Crippen LogP contribution in [-0.4, -0.2) is 45.2 Å². The third kappa shape index (κ3) is 5.10. The number of sulfonamides is 1. The molecular weight excluding hydrogens is 371 g/mol. The van der Waals surface area contributed by atoms with Gasteiger partial charge in [-0.2, -0.15) is 13.2 Å². The molecule has 1 aliphatic carbocycles. The van der Waals surface area contributed by atoms with E-state index in [0.29, 0.717) is 11.6 Å². The standard InChI is InChI=1S/C16H20F3N3O3S/c17-16(18,19)10-20-26(24,25)14-5-3-13(4-6-14)21-15(23)22-8-12(9-22)7-11-1-2-11/h3-6,11-12,20H,1-2,7-10H2,(H,21,23). The van der Waals surface area contributed by atoms with Crippen LogP contribution in [0.25, 0.3) is 0 Å². The molecule has 2 amide bonds. The summed E-state index contributed by atoms with van der Waals surface area (Å²) in [5.41, 5.74) is 0.385. The van der Waals surface area contributed by atoms with E-state index in [1.54, 1.807) is 4.90 Å². The number of likely N-dealkylation sites (tertiary alicyclic amines) is 1. The predicted molar refractivity (Wildman–Crippen MR) is 89.1 cm³/mol. The van der Waals surface area contributed by atoms with Crippen molar-refractivity contribution >= 4 is 21.7 Å². The summed E-state index contributed by atoms with van der Waals surface area (Å²) in [6.07, 6.45) is -0.887. The zero-order chi connectivity index (χ0) is 18.9. The number of halogens is 3. The molecule has 0 unspecified atom stereocenters. The molecule has 1 saturated heterocycles. The van der Waals surface area contributed by atoms with Crippen LogP contribution in [0.1, 0.15) is 19.3 Å². The first kappa shape index (κ1) is 19.0. The van der Waals surface area contributed by atoms with E-state index in [-0.39, 0.29) is 10.9 Å². The van der Waals surface area contributed by atoms with Crippen LogP contribution in [0.4, 0.5) is 23.7 Å². The van der Waals surface area contributed by atoms with Crippen molar-refractivity contribution in [2.45, 2.75) is 30.3 Å². The predicted octanol–water partition coefficient (Wildman–Crippen LogP) is 2.79. The van der Waals surface area contributed by atoms with Gasteiger partial charge in [0.2, 0.25) is 10.0 Å². The van der Waals surface area contributed by atoms with Gasteiger partial charge in [0.05, 0.1) is 4.90 Å². The molecule has 1 aliphatic heterocycles. The summed E-state index contributed by atoms with van der Waals surface area (Å²) in [6, 6.07) is 4.74. The summed E-state index contributed by atoms with van der Waals surface area (Å²) in [4.78, 5) is 13.5. The smallest absolute Gasteiger partial charge is 0.324 e. The molecule has 3 rings (SSSR count). The van der Waals surface area contributed by atoms with Gasteiger partial charge in [-0.25, -0.2) is 17.9 Å². The van der Waals surface area contributed by atoms with E-state index in [1.807, 2.05) is 0 Å². The molecular formula is C16H20F3N3O3S. The van der Waals surface area contributed by atoms with Gasteiger partial charge < -0.3 is 10.2 Å². The maximum atomic E-state index is 12.1. The Morgan fingerprint density at radius 3 is 2.27 bits per heavy atom. The van der Waals surface area contributed by atoms with Gasteiger partial charge in [0.15, 0.2) is 0 Å². The number of amides is 2. The number of alkyl halides is 3. The van der Waals surface area contributed by atoms with Crippen LogP contribution in [-0.2, 0) is 10.0 Å². The highest BCUT2D eigenvalue weighted by Crippen LogP contribution is 2.38. The van der Waals surface area contributed by atoms with Crippen molar-refractivity contribution in [2.24, 2.45) is 11.8 Å². The fourth-order valence-corrected chi connectivity index (χ4v) is 3.90. The lowest BCUT2D eigenvalue weighted by atomic mass is 9.94. The average molecular weight is 391 g/mol. The van der Waals surface area contributed by atoms with Crippen molar-refractivity contribution < 1.29 is 26.4 Å². The fourth-order valence-electron chi connectivity index (χ4n) is 2.89. The molecule has 0 radical (unpaired) electrons. The molecule has 0 bridgehead atoms. The zero-order valence-corrected chi connectivity index (χ0v) is 14.7. The molecule has 2 fully saturated rings. The zero-order valence-electron chi connectivity index (χ0n) is 13.9. The molecule has 26 heavy (non-hydrogen) atoms. The van der Waals surface area contributed by atoms with E-state index in [9.17, 15) is 26.4 Å². The molecule has 1 saturated carbocycles. The molecule has 6 nitrogen and oxygen atoms in total. The van der Waals surface area contributed by atoms with Gasteiger partial charge in [0, 0.05) is 18.8 Å². The Hall–Kier alpha value is -1.81. The van der Waals surface area contributed by atoms with Crippen LogP contribution in [0.2, 0.25) is 0 Å². The minimum absolute atomic E-state index is 0.261. The van der Waals surface area contributed by atoms with Crippen molar-refractivity contribution in [1.82, 2.24) is 9.62 Å². The van der Waals surface area contributed by atoms with Gasteiger partial charge in [-0.05, 0) is 42.5 Å². The van der Waals surface area contributed by atoms with Gasteiger partial charge in [0.25, 0.3) is 0 Å². The highest BCUT2D eigenvalue weighted by molar-refractivity contribution is 7.89. The van der Waals surface area contributed by atoms with Gasteiger partial charge in [-0.1, -0.05) is 12.8 Å². The molecule has 0 aromatic heterocycles. The van der Waals surface area contributed by atoms with Gasteiger partial charge in [-0.15, -0.1) is 0 Å². The first-order valence-electron chi connectivity index (χ1n) is 8.35. The highest BCUT2D eigenvalue weighted by atomic mass is 32.2. The van der Waals surface area contributed by atoms with Crippen LogP contribution in [0.3, 0.4) is 0 Å².